The molecule has 0 bridgehead atoms. The Morgan fingerprint density at radius 3 is 2.52 bits per heavy atom. The fourth-order valence-electron chi connectivity index (χ4n) is 4.12. The lowest BCUT2D eigenvalue weighted by Crippen LogP contribution is -2.27. The third-order valence-corrected chi connectivity index (χ3v) is 5.86. The Morgan fingerprint density at radius 2 is 1.73 bits per heavy atom. The number of nitrogens with zero attached hydrogens (tertiary/aromatic N) is 4. The van der Waals surface area contributed by atoms with E-state index in [4.69, 9.17) is 4.74 Å². The van der Waals surface area contributed by atoms with Crippen molar-refractivity contribution < 1.29 is 9.53 Å². The van der Waals surface area contributed by atoms with Gasteiger partial charge in [0.1, 0.15) is 11.5 Å². The lowest BCUT2D eigenvalue weighted by Gasteiger charge is -2.26. The van der Waals surface area contributed by atoms with Crippen LogP contribution in [0.2, 0.25) is 0 Å². The summed E-state index contributed by atoms with van der Waals surface area (Å²) in [6, 6.07) is 23.0. The smallest absolute Gasteiger partial charge is 0.278 e. The molecule has 1 aliphatic heterocycles. The maximum atomic E-state index is 12.9. The average Bonchev–Trinajstić information content (AvgIpc) is 3.21. The minimum atomic E-state index is -0.292. The Morgan fingerprint density at radius 1 is 0.970 bits per heavy atom. The van der Waals surface area contributed by atoms with Gasteiger partial charge in [-0.3, -0.25) is 4.79 Å². The van der Waals surface area contributed by atoms with Crippen molar-refractivity contribution in [3.05, 3.63) is 95.3 Å². The highest BCUT2D eigenvalue weighted by molar-refractivity contribution is 6.03. The molecule has 0 saturated carbocycles. The van der Waals surface area contributed by atoms with Gasteiger partial charge in [-0.2, -0.15) is 0 Å². The molecule has 0 unspecified atom stereocenters. The molecule has 0 radical (unpaired) electrons. The number of carbonyl (C=O) groups excluding carboxylic acids is 1. The lowest BCUT2D eigenvalue weighted by atomic mass is 9.98. The molecule has 4 aromatic rings. The van der Waals surface area contributed by atoms with E-state index in [1.807, 2.05) is 61.5 Å². The zero-order valence-electron chi connectivity index (χ0n) is 18.7. The topological polar surface area (TPSA) is 72.3 Å². The van der Waals surface area contributed by atoms with Crippen LogP contribution in [0.15, 0.2) is 72.8 Å². The van der Waals surface area contributed by atoms with Gasteiger partial charge in [0, 0.05) is 18.8 Å². The quantitative estimate of drug-likeness (QED) is 0.492. The first-order valence-corrected chi connectivity index (χ1v) is 10.9. The van der Waals surface area contributed by atoms with Gasteiger partial charge < -0.3 is 15.0 Å². The first kappa shape index (κ1) is 20.9. The van der Waals surface area contributed by atoms with E-state index < -0.39 is 0 Å². The van der Waals surface area contributed by atoms with Crippen LogP contribution in [0.3, 0.4) is 0 Å². The molecule has 1 amide bonds. The largest absolute Gasteiger partial charge is 0.457 e. The summed E-state index contributed by atoms with van der Waals surface area (Å²) >= 11 is 0. The molecule has 33 heavy (non-hydrogen) atoms. The van der Waals surface area contributed by atoms with Gasteiger partial charge in [-0.15, -0.1) is 5.10 Å². The molecule has 0 fully saturated rings. The van der Waals surface area contributed by atoms with Gasteiger partial charge >= 0.3 is 0 Å². The third kappa shape index (κ3) is 4.36. The predicted molar refractivity (Wildman–Crippen MR) is 127 cm³/mol. The van der Waals surface area contributed by atoms with Gasteiger partial charge in [-0.1, -0.05) is 35.5 Å². The highest BCUT2D eigenvalue weighted by atomic mass is 16.5. The first-order valence-electron chi connectivity index (χ1n) is 10.9. The summed E-state index contributed by atoms with van der Waals surface area (Å²) in [6.07, 6.45) is 0.945. The summed E-state index contributed by atoms with van der Waals surface area (Å²) in [5, 5.41) is 11.4. The van der Waals surface area contributed by atoms with E-state index in [-0.39, 0.29) is 5.91 Å². The average molecular weight is 440 g/mol. The number of amides is 1. The maximum absolute atomic E-state index is 12.9. The summed E-state index contributed by atoms with van der Waals surface area (Å²) < 4.78 is 7.58. The van der Waals surface area contributed by atoms with E-state index >= 15 is 0 Å². The molecule has 0 atom stereocenters. The second-order valence-corrected chi connectivity index (χ2v) is 8.23. The number of anilines is 1. The molecule has 0 aliphatic carbocycles. The number of aromatic nitrogens is 3. The SMILES string of the molecule is Cc1c(C(=O)Nc2ccc(Oc3ccccc3)cc2)nnn1-c1cccc2c1CCN(C)C2. The third-order valence-electron chi connectivity index (χ3n) is 5.86. The molecule has 7 nitrogen and oxygen atoms in total. The number of likely N-dealkylation sites (N-methyl/N-ethyl adjacent to an activating group) is 1. The molecular formula is C26H25N5O2. The Balaban J connectivity index is 1.32. The van der Waals surface area contributed by atoms with E-state index in [1.165, 1.54) is 11.1 Å². The van der Waals surface area contributed by atoms with Crippen LogP contribution in [0.25, 0.3) is 5.69 Å². The van der Waals surface area contributed by atoms with Gasteiger partial charge in [0.25, 0.3) is 5.91 Å². The van der Waals surface area contributed by atoms with Crippen LogP contribution < -0.4 is 10.1 Å². The number of ether oxygens (including phenoxy) is 1. The molecule has 1 N–H and O–H groups in total. The standard InChI is InChI=1S/C26H25N5O2/c1-18-25(28-29-31(18)24-10-6-7-19-17-30(2)16-15-23(19)24)26(32)27-20-11-13-22(14-12-20)33-21-8-4-3-5-9-21/h3-14H,15-17H2,1-2H3,(H,27,32). The molecule has 2 heterocycles. The van der Waals surface area contributed by atoms with Crippen molar-refractivity contribution in [3.63, 3.8) is 0 Å². The van der Waals surface area contributed by atoms with Crippen molar-refractivity contribution in [1.29, 1.82) is 0 Å². The van der Waals surface area contributed by atoms with Crippen LogP contribution in [-0.4, -0.2) is 39.4 Å². The van der Waals surface area contributed by atoms with Crippen molar-refractivity contribution in [3.8, 4) is 17.2 Å². The van der Waals surface area contributed by atoms with Gasteiger partial charge in [-0.25, -0.2) is 4.68 Å². The Hall–Kier alpha value is -3.97. The lowest BCUT2D eigenvalue weighted by molar-refractivity contribution is 0.102. The molecule has 0 spiro atoms. The number of carbonyl (C=O) groups is 1. The number of fused-ring (bicyclic) bond motifs is 1. The number of hydrogen-bond donors (Lipinski definition) is 1. The van der Waals surface area contributed by atoms with Crippen molar-refractivity contribution >= 4 is 11.6 Å². The van der Waals surface area contributed by atoms with Crippen molar-refractivity contribution in [2.24, 2.45) is 0 Å². The first-order chi connectivity index (χ1) is 16.1. The van der Waals surface area contributed by atoms with Crippen molar-refractivity contribution in [2.75, 3.05) is 18.9 Å². The summed E-state index contributed by atoms with van der Waals surface area (Å²) in [5.74, 6) is 1.16. The van der Waals surface area contributed by atoms with Crippen LogP contribution >= 0.6 is 0 Å². The van der Waals surface area contributed by atoms with Crippen molar-refractivity contribution in [1.82, 2.24) is 19.9 Å². The number of nitrogens with one attached hydrogen (secondary N) is 1. The predicted octanol–water partition coefficient (Wildman–Crippen LogP) is 4.61. The van der Waals surface area contributed by atoms with E-state index in [2.05, 4.69) is 33.6 Å². The number of rotatable bonds is 5. The van der Waals surface area contributed by atoms with E-state index in [0.717, 1.165) is 30.9 Å². The van der Waals surface area contributed by atoms with Crippen LogP contribution in [0.1, 0.15) is 27.3 Å². The highest BCUT2D eigenvalue weighted by Gasteiger charge is 2.22. The minimum absolute atomic E-state index is 0.292. The Labute approximate surface area is 192 Å². The Kier molecular flexibility index (Phi) is 5.62. The van der Waals surface area contributed by atoms with Gasteiger partial charge in [0.05, 0.1) is 11.4 Å². The molecule has 0 saturated heterocycles. The van der Waals surface area contributed by atoms with Gasteiger partial charge in [-0.05, 0) is 74.0 Å². The second kappa shape index (κ2) is 8.88. The van der Waals surface area contributed by atoms with Gasteiger partial charge in [0.15, 0.2) is 5.69 Å². The highest BCUT2D eigenvalue weighted by Crippen LogP contribution is 2.26. The zero-order chi connectivity index (χ0) is 22.8. The van der Waals surface area contributed by atoms with Crippen LogP contribution in [0.5, 0.6) is 11.5 Å². The molecule has 1 aliphatic rings. The number of benzene rings is 3. The second-order valence-electron chi connectivity index (χ2n) is 8.23. The number of hydrogen-bond acceptors (Lipinski definition) is 5. The molecule has 166 valence electrons. The Bertz CT molecular complexity index is 1280. The van der Waals surface area contributed by atoms with Crippen LogP contribution in [0, 0.1) is 6.92 Å². The number of para-hydroxylation sites is 1. The van der Waals surface area contributed by atoms with Crippen LogP contribution in [-0.2, 0) is 13.0 Å². The zero-order valence-corrected chi connectivity index (χ0v) is 18.7. The fraction of sp³-hybridized carbons (Fsp3) is 0.192. The summed E-state index contributed by atoms with van der Waals surface area (Å²) in [4.78, 5) is 15.2. The fourth-order valence-corrected chi connectivity index (χ4v) is 4.12. The summed E-state index contributed by atoms with van der Waals surface area (Å²) in [5.41, 5.74) is 5.24. The summed E-state index contributed by atoms with van der Waals surface area (Å²) in [6.45, 7) is 3.78. The monoisotopic (exact) mass is 439 g/mol. The normalized spacial score (nSPS) is 13.4. The van der Waals surface area contributed by atoms with E-state index in [9.17, 15) is 4.79 Å². The van der Waals surface area contributed by atoms with Crippen molar-refractivity contribution in [2.45, 2.75) is 19.9 Å². The van der Waals surface area contributed by atoms with Crippen LogP contribution in [0.4, 0.5) is 5.69 Å². The minimum Gasteiger partial charge on any atom is -0.457 e. The molecule has 1 aromatic heterocycles. The molecule has 3 aromatic carbocycles. The molecule has 7 heteroatoms. The van der Waals surface area contributed by atoms with E-state index in [1.54, 1.807) is 16.8 Å². The molecule has 5 rings (SSSR count). The van der Waals surface area contributed by atoms with Gasteiger partial charge in [0.2, 0.25) is 0 Å². The van der Waals surface area contributed by atoms with E-state index in [0.29, 0.717) is 22.8 Å². The molecular weight excluding hydrogens is 414 g/mol. The summed E-state index contributed by atoms with van der Waals surface area (Å²) in [7, 11) is 2.12. The maximum Gasteiger partial charge on any atom is 0.278 e.